The van der Waals surface area contributed by atoms with Gasteiger partial charge in [-0.3, -0.25) is 9.59 Å². The molecule has 0 fully saturated rings. The number of likely N-dealkylation sites (N-methyl/N-ethyl adjacent to an activating group) is 1. The molecule has 1 amide bonds. The first kappa shape index (κ1) is 20.5. The minimum Gasteiger partial charge on any atom is -0.497 e. The zero-order valence-electron chi connectivity index (χ0n) is 17.2. The van der Waals surface area contributed by atoms with Gasteiger partial charge in [0.05, 0.1) is 12.5 Å². The van der Waals surface area contributed by atoms with Gasteiger partial charge in [-0.15, -0.1) is 0 Å². The zero-order valence-corrected chi connectivity index (χ0v) is 17.2. The summed E-state index contributed by atoms with van der Waals surface area (Å²) in [7, 11) is 1.58. The molecule has 0 aliphatic carbocycles. The van der Waals surface area contributed by atoms with E-state index in [9.17, 15) is 9.59 Å². The van der Waals surface area contributed by atoms with Gasteiger partial charge in [0, 0.05) is 18.7 Å². The van der Waals surface area contributed by atoms with Crippen molar-refractivity contribution >= 4 is 16.9 Å². The molecule has 0 aliphatic heterocycles. The van der Waals surface area contributed by atoms with Crippen LogP contribution in [0.2, 0.25) is 0 Å². The van der Waals surface area contributed by atoms with Crippen LogP contribution in [0.25, 0.3) is 22.3 Å². The van der Waals surface area contributed by atoms with E-state index in [-0.39, 0.29) is 23.7 Å². The van der Waals surface area contributed by atoms with Crippen molar-refractivity contribution in [1.82, 2.24) is 4.90 Å². The minimum absolute atomic E-state index is 0.0359. The average Bonchev–Trinajstić information content (AvgIpc) is 2.74. The second kappa shape index (κ2) is 8.82. The second-order valence-corrected chi connectivity index (χ2v) is 6.67. The van der Waals surface area contributed by atoms with Crippen molar-refractivity contribution in [2.45, 2.75) is 20.8 Å². The van der Waals surface area contributed by atoms with Crippen molar-refractivity contribution in [2.75, 3.05) is 26.8 Å². The topological polar surface area (TPSA) is 69.0 Å². The lowest BCUT2D eigenvalue weighted by molar-refractivity contribution is -0.132. The monoisotopic (exact) mass is 395 g/mol. The van der Waals surface area contributed by atoms with Crippen LogP contribution in [0.5, 0.6) is 11.5 Å². The molecule has 0 radical (unpaired) electrons. The van der Waals surface area contributed by atoms with E-state index in [2.05, 4.69) is 0 Å². The number of fused-ring (bicyclic) bond motifs is 1. The number of carbonyl (C=O) groups is 1. The van der Waals surface area contributed by atoms with E-state index in [1.807, 2.05) is 26.8 Å². The predicted molar refractivity (Wildman–Crippen MR) is 113 cm³/mol. The minimum atomic E-state index is -0.298. The number of ether oxygens (including phenoxy) is 2. The Morgan fingerprint density at radius 1 is 1.07 bits per heavy atom. The summed E-state index contributed by atoms with van der Waals surface area (Å²) in [5.41, 5.74) is 1.77. The number of rotatable bonds is 7. The Morgan fingerprint density at radius 2 is 1.76 bits per heavy atom. The van der Waals surface area contributed by atoms with E-state index in [0.717, 1.165) is 5.56 Å². The third kappa shape index (κ3) is 4.26. The highest BCUT2D eigenvalue weighted by molar-refractivity contribution is 5.83. The van der Waals surface area contributed by atoms with Crippen LogP contribution in [-0.2, 0) is 4.79 Å². The summed E-state index contributed by atoms with van der Waals surface area (Å²) >= 11 is 0. The lowest BCUT2D eigenvalue weighted by Gasteiger charge is -2.19. The Bertz CT molecular complexity index is 1070. The zero-order chi connectivity index (χ0) is 21.0. The van der Waals surface area contributed by atoms with Crippen LogP contribution >= 0.6 is 0 Å². The van der Waals surface area contributed by atoms with Gasteiger partial charge in [-0.2, -0.15) is 0 Å². The van der Waals surface area contributed by atoms with Crippen molar-refractivity contribution in [2.24, 2.45) is 0 Å². The Hall–Kier alpha value is -3.28. The van der Waals surface area contributed by atoms with Crippen LogP contribution in [0.3, 0.4) is 0 Å². The third-order valence-electron chi connectivity index (χ3n) is 4.81. The van der Waals surface area contributed by atoms with E-state index < -0.39 is 0 Å². The molecule has 1 heterocycles. The van der Waals surface area contributed by atoms with E-state index >= 15 is 0 Å². The summed E-state index contributed by atoms with van der Waals surface area (Å²) in [6.45, 7) is 6.63. The molecule has 3 aromatic rings. The van der Waals surface area contributed by atoms with Crippen molar-refractivity contribution < 1.29 is 18.7 Å². The molecular formula is C23H25NO5. The highest BCUT2D eigenvalue weighted by atomic mass is 16.5. The summed E-state index contributed by atoms with van der Waals surface area (Å²) in [5, 5.41) is 0.424. The Balaban J connectivity index is 2.09. The van der Waals surface area contributed by atoms with Crippen molar-refractivity contribution in [1.29, 1.82) is 0 Å². The van der Waals surface area contributed by atoms with Gasteiger partial charge in [0.25, 0.3) is 5.91 Å². The van der Waals surface area contributed by atoms with Gasteiger partial charge in [0.1, 0.15) is 11.3 Å². The first-order valence-corrected chi connectivity index (χ1v) is 9.60. The lowest BCUT2D eigenvalue weighted by atomic mass is 10.1. The number of methoxy groups -OCH3 is 1. The molecule has 6 heteroatoms. The van der Waals surface area contributed by atoms with Gasteiger partial charge in [-0.05, 0) is 57.2 Å². The number of amides is 1. The van der Waals surface area contributed by atoms with Crippen LogP contribution in [0, 0.1) is 6.92 Å². The van der Waals surface area contributed by atoms with Crippen LogP contribution in [0.15, 0.2) is 51.7 Å². The Kier molecular flexibility index (Phi) is 6.22. The standard InChI is InChI=1S/C23H25NO5/c1-5-24(6-2)20(25)14-28-23-21(26)18-13-15(3)7-12-19(18)29-22(23)16-8-10-17(27-4)11-9-16/h7-13H,5-6,14H2,1-4H3. The fraction of sp³-hybridized carbons (Fsp3) is 0.304. The molecule has 0 unspecified atom stereocenters. The molecule has 0 saturated heterocycles. The van der Waals surface area contributed by atoms with Gasteiger partial charge in [0.2, 0.25) is 11.2 Å². The third-order valence-corrected chi connectivity index (χ3v) is 4.81. The summed E-state index contributed by atoms with van der Waals surface area (Å²) in [4.78, 5) is 27.2. The van der Waals surface area contributed by atoms with Gasteiger partial charge >= 0.3 is 0 Å². The first-order valence-electron chi connectivity index (χ1n) is 9.60. The van der Waals surface area contributed by atoms with Crippen molar-refractivity contribution in [3.8, 4) is 22.8 Å². The fourth-order valence-corrected chi connectivity index (χ4v) is 3.16. The van der Waals surface area contributed by atoms with Gasteiger partial charge in [-0.25, -0.2) is 0 Å². The first-order chi connectivity index (χ1) is 14.0. The highest BCUT2D eigenvalue weighted by Crippen LogP contribution is 2.32. The second-order valence-electron chi connectivity index (χ2n) is 6.67. The summed E-state index contributed by atoms with van der Waals surface area (Å²) in [6, 6.07) is 12.5. The number of hydrogen-bond donors (Lipinski definition) is 0. The van der Waals surface area contributed by atoms with E-state index in [0.29, 0.717) is 41.1 Å². The maximum absolute atomic E-state index is 13.2. The number of hydrogen-bond acceptors (Lipinski definition) is 5. The van der Waals surface area contributed by atoms with Gasteiger partial charge in [-0.1, -0.05) is 11.6 Å². The van der Waals surface area contributed by atoms with E-state index in [1.54, 1.807) is 48.4 Å². The van der Waals surface area contributed by atoms with Gasteiger partial charge in [0.15, 0.2) is 12.4 Å². The van der Waals surface area contributed by atoms with Crippen LogP contribution in [-0.4, -0.2) is 37.6 Å². The average molecular weight is 395 g/mol. The van der Waals surface area contributed by atoms with Crippen LogP contribution < -0.4 is 14.9 Å². The van der Waals surface area contributed by atoms with Gasteiger partial charge < -0.3 is 18.8 Å². The smallest absolute Gasteiger partial charge is 0.260 e. The maximum Gasteiger partial charge on any atom is 0.260 e. The summed E-state index contributed by atoms with van der Waals surface area (Å²) in [5.74, 6) is 0.834. The SMILES string of the molecule is CCN(CC)C(=O)COc1c(-c2ccc(OC)cc2)oc2ccc(C)cc2c1=O. The largest absolute Gasteiger partial charge is 0.497 e. The molecule has 0 spiro atoms. The molecule has 0 aliphatic rings. The molecule has 0 bridgehead atoms. The number of benzene rings is 2. The van der Waals surface area contributed by atoms with Crippen molar-refractivity contribution in [3.05, 3.63) is 58.3 Å². The quantitative estimate of drug-likeness (QED) is 0.604. The lowest BCUT2D eigenvalue weighted by Crippen LogP contribution is -2.35. The molecule has 3 rings (SSSR count). The molecule has 152 valence electrons. The maximum atomic E-state index is 13.2. The van der Waals surface area contributed by atoms with Crippen LogP contribution in [0.4, 0.5) is 0 Å². The molecular weight excluding hydrogens is 370 g/mol. The summed E-state index contributed by atoms with van der Waals surface area (Å²) in [6.07, 6.45) is 0. The van der Waals surface area contributed by atoms with E-state index in [1.165, 1.54) is 0 Å². The molecule has 0 atom stereocenters. The Labute approximate surface area is 169 Å². The summed E-state index contributed by atoms with van der Waals surface area (Å²) < 4.78 is 17.0. The fourth-order valence-electron chi connectivity index (χ4n) is 3.16. The predicted octanol–water partition coefficient (Wildman–Crippen LogP) is 4.02. The number of carbonyl (C=O) groups excluding carboxylic acids is 1. The normalized spacial score (nSPS) is 10.8. The molecule has 6 nitrogen and oxygen atoms in total. The molecule has 29 heavy (non-hydrogen) atoms. The molecule has 1 aromatic heterocycles. The van der Waals surface area contributed by atoms with Crippen LogP contribution in [0.1, 0.15) is 19.4 Å². The number of nitrogens with zero attached hydrogens (tertiary/aromatic N) is 1. The molecule has 2 aromatic carbocycles. The molecule has 0 saturated carbocycles. The number of aryl methyl sites for hydroxylation is 1. The van der Waals surface area contributed by atoms with Crippen molar-refractivity contribution in [3.63, 3.8) is 0 Å². The highest BCUT2D eigenvalue weighted by Gasteiger charge is 2.20. The Morgan fingerprint density at radius 3 is 2.38 bits per heavy atom. The molecule has 0 N–H and O–H groups in total. The van der Waals surface area contributed by atoms with E-state index in [4.69, 9.17) is 13.9 Å².